The molecule has 0 fully saturated rings. The Morgan fingerprint density at radius 2 is 1.96 bits per heavy atom. The summed E-state index contributed by atoms with van der Waals surface area (Å²) in [5, 5.41) is 2.18. The van der Waals surface area contributed by atoms with Crippen LogP contribution in [-0.4, -0.2) is 25.0 Å². The second-order valence-electron chi connectivity index (χ2n) is 6.62. The SMILES string of the molecule is COc1ccc(Cl)cc1N(C)C(=O)c1ccc2c(Cl)c3c(nc2c1)CCC3. The van der Waals surface area contributed by atoms with Crippen LogP contribution in [0.15, 0.2) is 36.4 Å². The van der Waals surface area contributed by atoms with Crippen LogP contribution in [0, 0.1) is 0 Å². The van der Waals surface area contributed by atoms with Crippen molar-refractivity contribution in [2.45, 2.75) is 19.3 Å². The number of fused-ring (bicyclic) bond motifs is 2. The highest BCUT2D eigenvalue weighted by atomic mass is 35.5. The lowest BCUT2D eigenvalue weighted by molar-refractivity contribution is 0.0992. The molecule has 0 unspecified atom stereocenters. The Morgan fingerprint density at radius 1 is 1.15 bits per heavy atom. The highest BCUT2D eigenvalue weighted by Gasteiger charge is 2.21. The van der Waals surface area contributed by atoms with E-state index in [9.17, 15) is 4.79 Å². The Bertz CT molecular complexity index is 1070. The predicted molar refractivity (Wildman–Crippen MR) is 110 cm³/mol. The number of carbonyl (C=O) groups is 1. The number of rotatable bonds is 3. The van der Waals surface area contributed by atoms with Gasteiger partial charge < -0.3 is 9.64 Å². The van der Waals surface area contributed by atoms with E-state index in [2.05, 4.69) is 0 Å². The summed E-state index contributed by atoms with van der Waals surface area (Å²) in [5.41, 5.74) is 4.08. The van der Waals surface area contributed by atoms with Crippen LogP contribution in [0.1, 0.15) is 28.0 Å². The first kappa shape index (κ1) is 18.1. The number of hydrogen-bond donors (Lipinski definition) is 0. The molecule has 0 aliphatic heterocycles. The van der Waals surface area contributed by atoms with Gasteiger partial charge in [-0.25, -0.2) is 0 Å². The summed E-state index contributed by atoms with van der Waals surface area (Å²) < 4.78 is 5.36. The third-order valence-corrected chi connectivity index (χ3v) is 5.66. The van der Waals surface area contributed by atoms with E-state index in [4.69, 9.17) is 32.9 Å². The molecular formula is C21H18Cl2N2O2. The van der Waals surface area contributed by atoms with E-state index in [1.54, 1.807) is 44.5 Å². The summed E-state index contributed by atoms with van der Waals surface area (Å²) in [6.07, 6.45) is 2.97. The molecule has 0 radical (unpaired) electrons. The highest BCUT2D eigenvalue weighted by molar-refractivity contribution is 6.36. The minimum Gasteiger partial charge on any atom is -0.495 e. The number of benzene rings is 2. The molecule has 0 saturated carbocycles. The van der Waals surface area contributed by atoms with Crippen LogP contribution in [0.2, 0.25) is 10.0 Å². The average molecular weight is 401 g/mol. The molecule has 0 spiro atoms. The molecule has 1 aromatic heterocycles. The number of halogens is 2. The maximum atomic E-state index is 13.1. The highest BCUT2D eigenvalue weighted by Crippen LogP contribution is 2.35. The number of carbonyl (C=O) groups excluding carboxylic acids is 1. The standard InChI is InChI=1S/C21H18Cl2N2O2/c1-25(18-11-13(22)7-9-19(18)27-2)21(26)12-6-8-15-17(10-12)24-16-5-3-4-14(16)20(15)23/h6-11H,3-5H2,1-2H3. The number of pyridine rings is 1. The Morgan fingerprint density at radius 3 is 2.74 bits per heavy atom. The number of amides is 1. The van der Waals surface area contributed by atoms with Crippen molar-refractivity contribution in [2.24, 2.45) is 0 Å². The van der Waals surface area contributed by atoms with Crippen LogP contribution >= 0.6 is 23.2 Å². The lowest BCUT2D eigenvalue weighted by Gasteiger charge is -2.20. The molecule has 4 rings (SSSR count). The van der Waals surface area contributed by atoms with Gasteiger partial charge in [0.05, 0.1) is 23.3 Å². The van der Waals surface area contributed by atoms with Crippen LogP contribution in [0.5, 0.6) is 5.75 Å². The van der Waals surface area contributed by atoms with Crippen LogP contribution in [0.25, 0.3) is 10.9 Å². The van der Waals surface area contributed by atoms with Gasteiger partial charge in [-0.15, -0.1) is 0 Å². The second kappa shape index (κ2) is 7.02. The van der Waals surface area contributed by atoms with Gasteiger partial charge in [0.1, 0.15) is 5.75 Å². The number of aromatic nitrogens is 1. The first-order chi connectivity index (χ1) is 13.0. The summed E-state index contributed by atoms with van der Waals surface area (Å²) in [6, 6.07) is 10.6. The van der Waals surface area contributed by atoms with Crippen LogP contribution in [-0.2, 0) is 12.8 Å². The first-order valence-corrected chi connectivity index (χ1v) is 9.48. The Labute approximate surface area is 167 Å². The van der Waals surface area contributed by atoms with Gasteiger partial charge >= 0.3 is 0 Å². The number of hydrogen-bond acceptors (Lipinski definition) is 3. The fourth-order valence-corrected chi connectivity index (χ4v) is 4.10. The van der Waals surface area contributed by atoms with Crippen molar-refractivity contribution in [1.29, 1.82) is 0 Å². The molecule has 27 heavy (non-hydrogen) atoms. The van der Waals surface area contributed by atoms with Gasteiger partial charge in [0.2, 0.25) is 0 Å². The number of anilines is 1. The smallest absolute Gasteiger partial charge is 0.258 e. The van der Waals surface area contributed by atoms with Gasteiger partial charge in [-0.1, -0.05) is 29.3 Å². The van der Waals surface area contributed by atoms with Crippen molar-refractivity contribution < 1.29 is 9.53 Å². The maximum Gasteiger partial charge on any atom is 0.258 e. The number of ether oxygens (including phenoxy) is 1. The van der Waals surface area contributed by atoms with E-state index < -0.39 is 0 Å². The van der Waals surface area contributed by atoms with E-state index in [-0.39, 0.29) is 5.91 Å². The van der Waals surface area contributed by atoms with Crippen LogP contribution in [0.4, 0.5) is 5.69 Å². The Kier molecular flexibility index (Phi) is 4.70. The first-order valence-electron chi connectivity index (χ1n) is 8.72. The van der Waals surface area contributed by atoms with Gasteiger partial charge in [0.15, 0.2) is 0 Å². The van der Waals surface area contributed by atoms with Crippen molar-refractivity contribution in [3.05, 3.63) is 63.3 Å². The second-order valence-corrected chi connectivity index (χ2v) is 7.43. The minimum atomic E-state index is -0.170. The summed E-state index contributed by atoms with van der Waals surface area (Å²) in [7, 11) is 3.26. The van der Waals surface area contributed by atoms with Crippen LogP contribution < -0.4 is 9.64 Å². The monoisotopic (exact) mass is 400 g/mol. The molecule has 138 valence electrons. The number of nitrogens with zero attached hydrogens (tertiary/aromatic N) is 2. The molecule has 1 aliphatic carbocycles. The lowest BCUT2D eigenvalue weighted by atomic mass is 10.1. The molecule has 3 aromatic rings. The van der Waals surface area contributed by atoms with Gasteiger partial charge in [0.25, 0.3) is 5.91 Å². The third-order valence-electron chi connectivity index (χ3n) is 5.00. The van der Waals surface area contributed by atoms with Crippen molar-refractivity contribution in [3.8, 4) is 5.75 Å². The fraction of sp³-hybridized carbons (Fsp3) is 0.238. The van der Waals surface area contributed by atoms with E-state index in [0.717, 1.165) is 46.4 Å². The Hall–Kier alpha value is -2.30. The molecule has 0 bridgehead atoms. The topological polar surface area (TPSA) is 42.4 Å². The van der Waals surface area contributed by atoms with E-state index in [1.807, 2.05) is 6.07 Å². The molecule has 1 amide bonds. The third kappa shape index (κ3) is 3.13. The van der Waals surface area contributed by atoms with Crippen molar-refractivity contribution in [1.82, 2.24) is 4.98 Å². The summed E-state index contributed by atoms with van der Waals surface area (Å²) in [4.78, 5) is 19.3. The minimum absolute atomic E-state index is 0.170. The molecule has 0 atom stereocenters. The van der Waals surface area contributed by atoms with Crippen LogP contribution in [0.3, 0.4) is 0 Å². The summed E-state index contributed by atoms with van der Waals surface area (Å²) in [5.74, 6) is 0.408. The molecule has 4 nitrogen and oxygen atoms in total. The van der Waals surface area contributed by atoms with E-state index >= 15 is 0 Å². The maximum absolute atomic E-state index is 13.1. The zero-order valence-electron chi connectivity index (χ0n) is 15.1. The quantitative estimate of drug-likeness (QED) is 0.597. The van der Waals surface area contributed by atoms with Gasteiger partial charge in [-0.2, -0.15) is 0 Å². The predicted octanol–water partition coefficient (Wildman–Crippen LogP) is 5.32. The van der Waals surface area contributed by atoms with Crippen molar-refractivity contribution in [2.75, 3.05) is 19.1 Å². The average Bonchev–Trinajstić information content (AvgIpc) is 3.15. The molecule has 0 saturated heterocycles. The normalized spacial score (nSPS) is 12.9. The largest absolute Gasteiger partial charge is 0.495 e. The summed E-state index contributed by atoms with van der Waals surface area (Å²) >= 11 is 12.7. The molecule has 1 aliphatic rings. The van der Waals surface area contributed by atoms with Gasteiger partial charge in [0, 0.05) is 28.7 Å². The van der Waals surface area contributed by atoms with Gasteiger partial charge in [-0.3, -0.25) is 9.78 Å². The lowest BCUT2D eigenvalue weighted by Crippen LogP contribution is -2.26. The zero-order valence-corrected chi connectivity index (χ0v) is 16.6. The molecule has 0 N–H and O–H groups in total. The summed E-state index contributed by atoms with van der Waals surface area (Å²) in [6.45, 7) is 0. The molecular weight excluding hydrogens is 383 g/mol. The molecule has 6 heteroatoms. The van der Waals surface area contributed by atoms with E-state index in [0.29, 0.717) is 22.0 Å². The number of methoxy groups -OCH3 is 1. The van der Waals surface area contributed by atoms with Crippen molar-refractivity contribution in [3.63, 3.8) is 0 Å². The zero-order chi connectivity index (χ0) is 19.1. The molecule has 1 heterocycles. The Balaban J connectivity index is 1.75. The van der Waals surface area contributed by atoms with E-state index in [1.165, 1.54) is 4.90 Å². The fourth-order valence-electron chi connectivity index (χ4n) is 3.57. The molecule has 2 aromatic carbocycles. The van der Waals surface area contributed by atoms with Crippen molar-refractivity contribution >= 4 is 45.7 Å². The van der Waals surface area contributed by atoms with Gasteiger partial charge in [-0.05, 0) is 55.2 Å². The number of aryl methyl sites for hydroxylation is 1.